The third-order valence-corrected chi connectivity index (χ3v) is 5.01. The molecule has 2 N–H and O–H groups in total. The van der Waals surface area contributed by atoms with Crippen molar-refractivity contribution in [1.82, 2.24) is 10.6 Å². The van der Waals surface area contributed by atoms with Crippen LogP contribution >= 0.6 is 0 Å². The molecular formula is C22H26FN3O2. The number of rotatable bonds is 6. The summed E-state index contributed by atoms with van der Waals surface area (Å²) in [5.41, 5.74) is 4.55. The number of fused-ring (bicyclic) bond motifs is 1. The zero-order valence-corrected chi connectivity index (χ0v) is 16.1. The van der Waals surface area contributed by atoms with Gasteiger partial charge >= 0.3 is 11.8 Å². The average Bonchev–Trinajstić information content (AvgIpc) is 2.72. The second-order valence-corrected chi connectivity index (χ2v) is 6.96. The van der Waals surface area contributed by atoms with Gasteiger partial charge < -0.3 is 15.5 Å². The Bertz CT molecular complexity index is 836. The fourth-order valence-corrected chi connectivity index (χ4v) is 3.48. The van der Waals surface area contributed by atoms with Gasteiger partial charge in [0.15, 0.2) is 0 Å². The van der Waals surface area contributed by atoms with E-state index >= 15 is 0 Å². The Balaban J connectivity index is 1.44. The van der Waals surface area contributed by atoms with Crippen molar-refractivity contribution >= 4 is 17.5 Å². The summed E-state index contributed by atoms with van der Waals surface area (Å²) in [5.74, 6) is -1.68. The molecule has 5 nitrogen and oxygen atoms in total. The largest absolute Gasteiger partial charge is 0.372 e. The second kappa shape index (κ2) is 9.35. The number of hydrogen-bond acceptors (Lipinski definition) is 3. The lowest BCUT2D eigenvalue weighted by molar-refractivity contribution is -0.139. The van der Waals surface area contributed by atoms with E-state index in [-0.39, 0.29) is 12.4 Å². The number of aryl methyl sites for hydroxylation is 1. The van der Waals surface area contributed by atoms with Crippen molar-refractivity contribution in [3.8, 4) is 0 Å². The quantitative estimate of drug-likeness (QED) is 0.754. The number of hydrogen-bond donors (Lipinski definition) is 2. The van der Waals surface area contributed by atoms with Gasteiger partial charge in [0.1, 0.15) is 5.82 Å². The minimum absolute atomic E-state index is 0.186. The van der Waals surface area contributed by atoms with Crippen molar-refractivity contribution in [2.75, 3.05) is 24.5 Å². The van der Waals surface area contributed by atoms with E-state index in [0.29, 0.717) is 13.0 Å². The number of carbonyl (C=O) groups excluding carboxylic acids is 2. The summed E-state index contributed by atoms with van der Waals surface area (Å²) in [5, 5.41) is 5.20. The zero-order valence-electron chi connectivity index (χ0n) is 16.1. The molecule has 2 aromatic rings. The molecule has 0 unspecified atom stereocenters. The van der Waals surface area contributed by atoms with Crippen molar-refractivity contribution in [2.45, 2.75) is 32.7 Å². The average molecular weight is 383 g/mol. The lowest BCUT2D eigenvalue weighted by Crippen LogP contribution is -2.40. The van der Waals surface area contributed by atoms with Crippen molar-refractivity contribution in [3.05, 3.63) is 65.0 Å². The van der Waals surface area contributed by atoms with Crippen molar-refractivity contribution in [1.29, 1.82) is 0 Å². The maximum absolute atomic E-state index is 12.9. The fourth-order valence-electron chi connectivity index (χ4n) is 3.48. The van der Waals surface area contributed by atoms with Gasteiger partial charge in [0, 0.05) is 31.9 Å². The molecule has 0 atom stereocenters. The van der Waals surface area contributed by atoms with Gasteiger partial charge in [-0.15, -0.1) is 0 Å². The molecule has 0 fully saturated rings. The first-order valence-corrected chi connectivity index (χ1v) is 9.74. The maximum atomic E-state index is 12.9. The van der Waals surface area contributed by atoms with Crippen LogP contribution in [0.5, 0.6) is 0 Å². The summed E-state index contributed by atoms with van der Waals surface area (Å²) < 4.78 is 12.9. The fraction of sp³-hybridized carbons (Fsp3) is 0.364. The highest BCUT2D eigenvalue weighted by Gasteiger charge is 2.16. The van der Waals surface area contributed by atoms with E-state index in [1.165, 1.54) is 23.4 Å². The lowest BCUT2D eigenvalue weighted by Gasteiger charge is -2.30. The molecule has 0 saturated carbocycles. The minimum atomic E-state index is -0.687. The summed E-state index contributed by atoms with van der Waals surface area (Å²) in [4.78, 5) is 26.2. The third-order valence-electron chi connectivity index (χ3n) is 5.01. The summed E-state index contributed by atoms with van der Waals surface area (Å²) >= 11 is 0. The first kappa shape index (κ1) is 19.9. The molecule has 0 aliphatic carbocycles. The van der Waals surface area contributed by atoms with Gasteiger partial charge in [-0.1, -0.05) is 24.3 Å². The van der Waals surface area contributed by atoms with Crippen molar-refractivity contribution in [3.63, 3.8) is 0 Å². The molecular weight excluding hydrogens is 357 g/mol. The highest BCUT2D eigenvalue weighted by Crippen LogP contribution is 2.27. The van der Waals surface area contributed by atoms with Crippen LogP contribution in [0.15, 0.2) is 42.5 Å². The first-order chi connectivity index (χ1) is 13.6. The molecule has 3 rings (SSSR count). The molecule has 2 amide bonds. The summed E-state index contributed by atoms with van der Waals surface area (Å²) in [6.45, 7) is 4.87. The van der Waals surface area contributed by atoms with Crippen LogP contribution < -0.4 is 15.5 Å². The number of nitrogens with one attached hydrogen (secondary N) is 2. The topological polar surface area (TPSA) is 61.4 Å². The Hall–Kier alpha value is -2.89. The van der Waals surface area contributed by atoms with E-state index in [4.69, 9.17) is 0 Å². The van der Waals surface area contributed by atoms with Crippen LogP contribution in [-0.4, -0.2) is 31.4 Å². The smallest absolute Gasteiger partial charge is 0.309 e. The van der Waals surface area contributed by atoms with Crippen LogP contribution in [0.3, 0.4) is 0 Å². The van der Waals surface area contributed by atoms with E-state index < -0.39 is 11.8 Å². The van der Waals surface area contributed by atoms with Gasteiger partial charge in [-0.2, -0.15) is 0 Å². The highest BCUT2D eigenvalue weighted by atomic mass is 19.1. The molecule has 1 heterocycles. The lowest BCUT2D eigenvalue weighted by atomic mass is 9.98. The van der Waals surface area contributed by atoms with Crippen LogP contribution in [0, 0.1) is 5.82 Å². The van der Waals surface area contributed by atoms with E-state index in [9.17, 15) is 14.0 Å². The molecule has 1 aliphatic heterocycles. The summed E-state index contributed by atoms with van der Waals surface area (Å²) in [6, 6.07) is 12.2. The predicted molar refractivity (Wildman–Crippen MR) is 108 cm³/mol. The van der Waals surface area contributed by atoms with E-state index in [0.717, 1.165) is 37.1 Å². The van der Waals surface area contributed by atoms with Gasteiger partial charge in [-0.3, -0.25) is 9.59 Å². The van der Waals surface area contributed by atoms with Crippen LogP contribution in [0.25, 0.3) is 0 Å². The predicted octanol–water partition coefficient (Wildman–Crippen LogP) is 2.57. The van der Waals surface area contributed by atoms with Crippen molar-refractivity contribution < 1.29 is 14.0 Å². The highest BCUT2D eigenvalue weighted by molar-refractivity contribution is 6.35. The Kier molecular flexibility index (Phi) is 6.63. The number of carbonyl (C=O) groups is 2. The zero-order chi connectivity index (χ0) is 19.9. The van der Waals surface area contributed by atoms with Crippen LogP contribution in [0.4, 0.5) is 10.1 Å². The van der Waals surface area contributed by atoms with E-state index in [1.54, 1.807) is 12.1 Å². The number of amides is 2. The number of benzene rings is 2. The minimum Gasteiger partial charge on any atom is -0.372 e. The molecule has 148 valence electrons. The van der Waals surface area contributed by atoms with Crippen LogP contribution in [-0.2, 0) is 29.0 Å². The Morgan fingerprint density at radius 2 is 1.75 bits per heavy atom. The molecule has 28 heavy (non-hydrogen) atoms. The molecule has 0 radical (unpaired) electrons. The Morgan fingerprint density at radius 1 is 1.04 bits per heavy atom. The molecule has 6 heteroatoms. The number of anilines is 1. The molecule has 0 aromatic heterocycles. The normalized spacial score (nSPS) is 13.0. The number of halogens is 1. The van der Waals surface area contributed by atoms with E-state index in [2.05, 4.69) is 40.7 Å². The van der Waals surface area contributed by atoms with Gasteiger partial charge in [-0.05, 0) is 61.1 Å². The summed E-state index contributed by atoms with van der Waals surface area (Å²) in [7, 11) is 0. The van der Waals surface area contributed by atoms with Crippen molar-refractivity contribution in [2.24, 2.45) is 0 Å². The van der Waals surface area contributed by atoms with E-state index in [1.807, 2.05) is 0 Å². The molecule has 0 spiro atoms. The Morgan fingerprint density at radius 3 is 2.50 bits per heavy atom. The Labute approximate surface area is 164 Å². The van der Waals surface area contributed by atoms with Gasteiger partial charge in [0.2, 0.25) is 0 Å². The molecule has 0 bridgehead atoms. The SMILES string of the molecule is CCN1CCCc2cc(CCNC(=O)C(=O)NCc3ccc(F)cc3)ccc21. The van der Waals surface area contributed by atoms with Gasteiger partial charge in [0.05, 0.1) is 0 Å². The number of nitrogens with zero attached hydrogens (tertiary/aromatic N) is 1. The second-order valence-electron chi connectivity index (χ2n) is 6.96. The monoisotopic (exact) mass is 383 g/mol. The van der Waals surface area contributed by atoms with Crippen LogP contribution in [0.2, 0.25) is 0 Å². The first-order valence-electron chi connectivity index (χ1n) is 9.74. The standard InChI is InChI=1S/C22H26FN3O2/c1-2-26-13-3-4-18-14-16(7-10-20(18)26)11-12-24-21(27)22(28)25-15-17-5-8-19(23)9-6-17/h5-10,14H,2-4,11-13,15H2,1H3,(H,24,27)(H,25,28). The molecule has 1 aliphatic rings. The van der Waals surface area contributed by atoms with Gasteiger partial charge in [-0.25, -0.2) is 4.39 Å². The third kappa shape index (κ3) is 5.09. The maximum Gasteiger partial charge on any atom is 0.309 e. The van der Waals surface area contributed by atoms with Crippen LogP contribution in [0.1, 0.15) is 30.0 Å². The molecule has 2 aromatic carbocycles. The van der Waals surface area contributed by atoms with Gasteiger partial charge in [0.25, 0.3) is 0 Å². The molecule has 0 saturated heterocycles. The summed E-state index contributed by atoms with van der Waals surface area (Å²) in [6.07, 6.45) is 2.92.